The number of likely N-dealkylation sites (tertiary alicyclic amines) is 4. The molecular formula is C78H83BrF3IN12O10. The first kappa shape index (κ1) is 79.0. The minimum atomic E-state index is -0.505. The Kier molecular flexibility index (Phi) is 27.5. The molecule has 4 atom stereocenters. The molecule has 105 heavy (non-hydrogen) atoms. The van der Waals surface area contributed by atoms with Gasteiger partial charge in [0.15, 0.2) is 11.6 Å². The van der Waals surface area contributed by atoms with Crippen molar-refractivity contribution >= 4 is 96.2 Å². The Labute approximate surface area is 628 Å². The zero-order valence-electron chi connectivity index (χ0n) is 59.4. The third-order valence-electron chi connectivity index (χ3n) is 17.0. The van der Waals surface area contributed by atoms with E-state index in [-0.39, 0.29) is 64.7 Å². The van der Waals surface area contributed by atoms with Crippen LogP contribution >= 0.6 is 38.5 Å². The lowest BCUT2D eigenvalue weighted by Crippen LogP contribution is -2.35. The minimum Gasteiger partial charge on any atom is -0.508 e. The number of ether oxygens (including phenoxy) is 3. The predicted octanol–water partition coefficient (Wildman–Crippen LogP) is 15.7. The van der Waals surface area contributed by atoms with Crippen LogP contribution in [0.3, 0.4) is 0 Å². The van der Waals surface area contributed by atoms with E-state index in [1.54, 1.807) is 108 Å². The number of fused-ring (bicyclic) bond motifs is 2. The maximum atomic E-state index is 13.6. The molecule has 4 aliphatic rings. The second kappa shape index (κ2) is 36.5. The van der Waals surface area contributed by atoms with Crippen LogP contribution in [-0.2, 0) is 19.1 Å². The second-order valence-corrected chi connectivity index (χ2v) is 29.7. The first-order chi connectivity index (χ1) is 50.1. The highest BCUT2D eigenvalue weighted by molar-refractivity contribution is 14.1. The van der Waals surface area contributed by atoms with Crippen molar-refractivity contribution in [3.8, 4) is 17.4 Å². The van der Waals surface area contributed by atoms with Crippen LogP contribution in [0.15, 0.2) is 175 Å². The number of alkyl halides is 1. The third kappa shape index (κ3) is 22.9. The van der Waals surface area contributed by atoms with E-state index in [2.05, 4.69) is 78.4 Å². The van der Waals surface area contributed by atoms with Gasteiger partial charge >= 0.3 is 12.2 Å². The Morgan fingerprint density at radius 1 is 0.486 bits per heavy atom. The number of halogens is 5. The van der Waals surface area contributed by atoms with Crippen molar-refractivity contribution in [1.29, 1.82) is 0 Å². The molecular weight excluding hydrogens is 1530 g/mol. The number of amides is 4. The molecule has 0 spiro atoms. The van der Waals surface area contributed by atoms with Gasteiger partial charge in [-0.2, -0.15) is 13.2 Å². The summed E-state index contributed by atoms with van der Waals surface area (Å²) in [6, 6.07) is 42.1. The molecule has 4 unspecified atom stereocenters. The number of nitrogens with zero attached hydrogens (tertiary/aromatic N) is 10. The number of phenolic OH excluding ortho intramolecular Hbond substituents is 1. The summed E-state index contributed by atoms with van der Waals surface area (Å²) in [5.41, 5.74) is 5.50. The van der Waals surface area contributed by atoms with Gasteiger partial charge in [0.1, 0.15) is 22.7 Å². The van der Waals surface area contributed by atoms with Gasteiger partial charge in [0.05, 0.1) is 26.5 Å². The second-order valence-electron chi connectivity index (χ2n) is 27.1. The minimum absolute atomic E-state index is 0.00113. The smallest absolute Gasteiger partial charge is 0.410 e. The Morgan fingerprint density at radius 2 is 0.876 bits per heavy atom. The van der Waals surface area contributed by atoms with Gasteiger partial charge in [-0.3, -0.25) is 19.2 Å². The summed E-state index contributed by atoms with van der Waals surface area (Å²) in [5, 5.41) is 9.19. The Bertz CT molecular complexity index is 4550. The summed E-state index contributed by atoms with van der Waals surface area (Å²) in [6.07, 6.45) is 8.98. The van der Waals surface area contributed by atoms with E-state index < -0.39 is 23.4 Å². The van der Waals surface area contributed by atoms with Crippen LogP contribution in [-0.4, -0.2) is 168 Å². The molecule has 14 rings (SSSR count). The van der Waals surface area contributed by atoms with Gasteiger partial charge in [-0.1, -0.05) is 65.1 Å². The van der Waals surface area contributed by atoms with Gasteiger partial charge < -0.3 is 48.9 Å². The number of carbonyl (C=O) groups is 6. The predicted molar refractivity (Wildman–Crippen MR) is 403 cm³/mol. The monoisotopic (exact) mass is 1610 g/mol. The first-order valence-corrected chi connectivity index (χ1v) is 36.2. The van der Waals surface area contributed by atoms with Crippen molar-refractivity contribution in [2.75, 3.05) is 52.4 Å². The van der Waals surface area contributed by atoms with E-state index in [9.17, 15) is 47.0 Å². The van der Waals surface area contributed by atoms with Crippen LogP contribution < -0.4 is 4.74 Å². The van der Waals surface area contributed by atoms with Gasteiger partial charge in [-0.05, 0) is 186 Å². The van der Waals surface area contributed by atoms with Gasteiger partial charge in [0.2, 0.25) is 47.1 Å². The van der Waals surface area contributed by atoms with Crippen LogP contribution in [0, 0.1) is 17.8 Å². The molecule has 4 fully saturated rings. The molecule has 4 aliphatic heterocycles. The number of H-pyrrole nitrogens is 2. The van der Waals surface area contributed by atoms with Crippen molar-refractivity contribution in [2.45, 2.75) is 114 Å². The fourth-order valence-electron chi connectivity index (χ4n) is 11.7. The summed E-state index contributed by atoms with van der Waals surface area (Å²) in [6.45, 7) is 19.8. The number of nitrogens with one attached hydrogen (secondary N) is 2. The Hall–Kier alpha value is -10.2. The largest absolute Gasteiger partial charge is 0.508 e. The lowest BCUT2D eigenvalue weighted by Gasteiger charge is -2.24. The quantitative estimate of drug-likeness (QED) is 0.0524. The number of benzene rings is 4. The fraction of sp³-hybridized carbons (Fsp3) is 0.333. The first-order valence-electron chi connectivity index (χ1n) is 34.1. The number of ketones is 2. The number of phenols is 1. The maximum absolute atomic E-state index is 13.6. The van der Waals surface area contributed by atoms with Crippen LogP contribution in [0.1, 0.15) is 148 Å². The molecule has 3 N–H and O–H groups in total. The lowest BCUT2D eigenvalue weighted by atomic mass is 10.00. The zero-order chi connectivity index (χ0) is 75.5. The highest BCUT2D eigenvalue weighted by Gasteiger charge is 2.34. The molecule has 4 amide bonds. The van der Waals surface area contributed by atoms with Crippen LogP contribution in [0.5, 0.6) is 17.4 Å². The van der Waals surface area contributed by atoms with Crippen LogP contribution in [0.2, 0.25) is 0 Å². The van der Waals surface area contributed by atoms with Crippen molar-refractivity contribution in [3.05, 3.63) is 232 Å². The van der Waals surface area contributed by atoms with E-state index in [0.717, 1.165) is 72.9 Å². The number of para-hydroxylation sites is 4. The Balaban J connectivity index is 0.000000153. The van der Waals surface area contributed by atoms with Crippen molar-refractivity contribution in [1.82, 2.24) is 59.5 Å². The molecule has 4 aromatic carbocycles. The lowest BCUT2D eigenvalue weighted by molar-refractivity contribution is -0.128. The van der Waals surface area contributed by atoms with E-state index >= 15 is 0 Å². The van der Waals surface area contributed by atoms with Crippen LogP contribution in [0.25, 0.3) is 22.1 Å². The average molecular weight is 1610 g/mol. The highest BCUT2D eigenvalue weighted by atomic mass is 127. The number of aromatic hydroxyl groups is 1. The topological polar surface area (TPSA) is 272 Å². The number of aromatic amines is 2. The summed E-state index contributed by atoms with van der Waals surface area (Å²) in [7, 11) is 0. The van der Waals surface area contributed by atoms with E-state index in [1.165, 1.54) is 30.7 Å². The molecule has 0 saturated carbocycles. The molecule has 0 aliphatic carbocycles. The van der Waals surface area contributed by atoms with E-state index in [0.29, 0.717) is 86.7 Å². The number of rotatable bonds is 9. The standard InChI is InChI=1S/C25H22N4O3.C14H19FN2O2.C14H10N2O2.C11H13FN2O.C9H16INO2.C5H3BrFN/c1-16(30)29-14-12-18(15-29)20-5-4-13-26-25(20)32-19-10-8-17(9-11-19)23(31)24-27-21-6-2-3-7-22(21)28-24;1-14(2,3)19-13(18)17-8-6-10(9-17)11-5-4-7-16-12(11)15;17-10-7-5-9(6-8-10)13(18)14-15-11-3-1-2-4-12(11)16-14;1-8(15)14-6-4-9(7-14)10-3-2-5-13-11(10)12;1-9(2,3)13-8(12)11-5-4-7(10)6-11;6-4-2-1-3-8-5(4)7/h2-11,13,18H,12,14-15H2,1H3,(H,27,28);4-5,7,10H,6,8-9H2,1-3H3;1-8,17H,(H,15,16);2-3,5,9H,4,6-7H2,1H3;7H,4-6H2,1-3H3;1-3H. The summed E-state index contributed by atoms with van der Waals surface area (Å²) < 4.78 is 56.7. The van der Waals surface area contributed by atoms with E-state index in [4.69, 9.17) is 14.2 Å². The van der Waals surface area contributed by atoms with Crippen LogP contribution in [0.4, 0.5) is 22.8 Å². The van der Waals surface area contributed by atoms with Gasteiger partial charge in [-0.25, -0.2) is 39.5 Å². The molecule has 10 aromatic rings. The van der Waals surface area contributed by atoms with Gasteiger partial charge in [0, 0.05) is 140 Å². The SMILES string of the molecule is CC(=O)N1CCC(c2cccnc2F)C1.CC(=O)N1CCC(c2cccnc2Oc2ccc(C(=O)c3nc4ccccc4[nH]3)cc2)C1.CC(C)(C)OC(=O)N1CCC(I)C1.CC(C)(C)OC(=O)N1CCC(c2cccnc2F)C1.Fc1ncccc1Br.O=C(c1ccc(O)cc1)c1nc2ccccc2[nH]1. The third-order valence-corrected chi connectivity index (χ3v) is 18.6. The molecule has 0 radical (unpaired) electrons. The highest BCUT2D eigenvalue weighted by Crippen LogP contribution is 2.36. The Morgan fingerprint density at radius 3 is 1.28 bits per heavy atom. The van der Waals surface area contributed by atoms with E-state index in [1.807, 2.05) is 107 Å². The molecule has 550 valence electrons. The molecule has 10 heterocycles. The molecule has 0 bridgehead atoms. The summed E-state index contributed by atoms with van der Waals surface area (Å²) in [4.78, 5) is 108. The number of imidazole rings is 2. The van der Waals surface area contributed by atoms with Crippen molar-refractivity contribution in [3.63, 3.8) is 0 Å². The molecule has 22 nitrogen and oxygen atoms in total. The van der Waals surface area contributed by atoms with Crippen molar-refractivity contribution in [2.24, 2.45) is 0 Å². The number of pyridine rings is 4. The number of hydrogen-bond donors (Lipinski definition) is 3. The summed E-state index contributed by atoms with van der Waals surface area (Å²) >= 11 is 5.33. The maximum Gasteiger partial charge on any atom is 0.410 e. The summed E-state index contributed by atoms with van der Waals surface area (Å²) in [5.74, 6) is 0.616. The normalized spacial score (nSPS) is 16.7. The van der Waals surface area contributed by atoms with Gasteiger partial charge in [-0.15, -0.1) is 0 Å². The average Bonchev–Trinajstić information content (AvgIpc) is 1.63. The number of carbonyl (C=O) groups excluding carboxylic acids is 6. The zero-order valence-corrected chi connectivity index (χ0v) is 63.2. The number of aromatic nitrogens is 8. The van der Waals surface area contributed by atoms with Crippen molar-refractivity contribution < 1.29 is 61.3 Å². The number of hydrogen-bond acceptors (Lipinski definition) is 16. The molecule has 6 aromatic heterocycles. The fourth-order valence-corrected chi connectivity index (χ4v) is 12.7. The molecule has 27 heteroatoms. The van der Waals surface area contributed by atoms with Gasteiger partial charge in [0.25, 0.3) is 0 Å². The molecule has 4 saturated heterocycles.